The lowest BCUT2D eigenvalue weighted by molar-refractivity contribution is -0.212. The summed E-state index contributed by atoms with van der Waals surface area (Å²) in [4.78, 5) is 8.48. The average Bonchev–Trinajstić information content (AvgIpc) is 2.80. The maximum Gasteiger partial charge on any atom is 0.245 e. The van der Waals surface area contributed by atoms with E-state index in [4.69, 9.17) is 23.7 Å². The highest BCUT2D eigenvalue weighted by atomic mass is 32.3. The molecule has 0 saturated carbocycles. The van der Waals surface area contributed by atoms with Crippen LogP contribution in [0.15, 0.2) is 62.1 Å². The molecule has 37 heavy (non-hydrogen) atoms. The molecule has 0 heterocycles. The standard InChI is InChI=1S/C20H22O15S2/c1-3-27-17-7-5-15(13-19(17)29-9-11-31-34-36(21,22)23)33-16-6-8-18(28-4-2)20(14-16)30-10-12-32-35-37(24,25)26/h3-8,13-14H,1-2,9-12H2,(H,21,22,23)(H,24,25,26)/p-2. The molecule has 17 heteroatoms. The number of hydrogen-bond acceptors (Lipinski definition) is 15. The smallest absolute Gasteiger partial charge is 0.245 e. The SMILES string of the molecule is C=COc1ccc(Oc2ccc(OC=C)c(OCCOOS(=O)(=O)[O-])c2)cc1OCCOOS(=O)(=O)[O-]. The van der Waals surface area contributed by atoms with Crippen molar-refractivity contribution in [2.24, 2.45) is 0 Å². The molecule has 0 bridgehead atoms. The Labute approximate surface area is 212 Å². The van der Waals surface area contributed by atoms with Crippen LogP contribution in [0.1, 0.15) is 0 Å². The minimum absolute atomic E-state index is 0.152. The molecular formula is C20H20O15S2-2. The van der Waals surface area contributed by atoms with E-state index >= 15 is 0 Å². The van der Waals surface area contributed by atoms with Crippen molar-refractivity contribution in [3.63, 3.8) is 0 Å². The molecule has 0 atom stereocenters. The van der Waals surface area contributed by atoms with Gasteiger partial charge in [0.15, 0.2) is 23.0 Å². The summed E-state index contributed by atoms with van der Waals surface area (Å²) in [6, 6.07) is 8.96. The minimum atomic E-state index is -5.01. The van der Waals surface area contributed by atoms with Gasteiger partial charge in [0.05, 0.1) is 12.5 Å². The van der Waals surface area contributed by atoms with Gasteiger partial charge < -0.3 is 32.8 Å². The maximum atomic E-state index is 10.4. The topological polar surface area (TPSA) is 197 Å². The molecule has 15 nitrogen and oxygen atoms in total. The summed E-state index contributed by atoms with van der Waals surface area (Å²) in [5.41, 5.74) is 0. The molecule has 0 saturated heterocycles. The van der Waals surface area contributed by atoms with E-state index in [0.29, 0.717) is 0 Å². The van der Waals surface area contributed by atoms with Gasteiger partial charge in [0.2, 0.25) is 20.8 Å². The number of ether oxygens (including phenoxy) is 5. The third-order valence-corrected chi connectivity index (χ3v) is 4.12. The van der Waals surface area contributed by atoms with E-state index in [9.17, 15) is 25.9 Å². The van der Waals surface area contributed by atoms with Crippen molar-refractivity contribution in [2.75, 3.05) is 26.4 Å². The van der Waals surface area contributed by atoms with Crippen LogP contribution in [0.2, 0.25) is 0 Å². The fraction of sp³-hybridized carbons (Fsp3) is 0.200. The Hall–Kier alpha value is -3.42. The van der Waals surface area contributed by atoms with Gasteiger partial charge in [-0.15, -0.1) is 8.67 Å². The normalized spacial score (nSPS) is 11.4. The molecule has 0 aliphatic heterocycles. The molecule has 0 unspecified atom stereocenters. The number of hydrogen-bond donors (Lipinski definition) is 0. The second kappa shape index (κ2) is 14.4. The molecule has 0 aliphatic carbocycles. The summed E-state index contributed by atoms with van der Waals surface area (Å²) < 4.78 is 96.6. The first-order valence-corrected chi connectivity index (χ1v) is 12.5. The molecule has 2 aromatic carbocycles. The zero-order valence-corrected chi connectivity index (χ0v) is 20.4. The van der Waals surface area contributed by atoms with Crippen LogP contribution < -0.4 is 23.7 Å². The van der Waals surface area contributed by atoms with Gasteiger partial charge in [-0.3, -0.25) is 0 Å². The largest absolute Gasteiger partial charge is 0.724 e. The lowest BCUT2D eigenvalue weighted by Gasteiger charge is -2.15. The Balaban J connectivity index is 2.09. The summed E-state index contributed by atoms with van der Waals surface area (Å²) in [7, 11) is -10.0. The zero-order chi connectivity index (χ0) is 27.3. The fourth-order valence-electron chi connectivity index (χ4n) is 2.40. The fourth-order valence-corrected chi connectivity index (χ4v) is 2.77. The summed E-state index contributed by atoms with van der Waals surface area (Å²) in [5, 5.41) is 0. The predicted molar refractivity (Wildman–Crippen MR) is 119 cm³/mol. The van der Waals surface area contributed by atoms with Crippen LogP contribution in [-0.4, -0.2) is 52.4 Å². The van der Waals surface area contributed by atoms with Gasteiger partial charge in [0, 0.05) is 12.1 Å². The minimum Gasteiger partial charge on any atom is -0.724 e. The Morgan fingerprint density at radius 3 is 1.41 bits per heavy atom. The van der Waals surface area contributed by atoms with Gasteiger partial charge in [-0.05, 0) is 24.3 Å². The van der Waals surface area contributed by atoms with E-state index in [1.807, 2.05) is 0 Å². The third-order valence-electron chi connectivity index (χ3n) is 3.60. The van der Waals surface area contributed by atoms with Gasteiger partial charge in [-0.1, -0.05) is 13.2 Å². The van der Waals surface area contributed by atoms with Crippen LogP contribution >= 0.6 is 0 Å². The van der Waals surface area contributed by atoms with E-state index in [0.717, 1.165) is 12.5 Å². The van der Waals surface area contributed by atoms with Gasteiger partial charge in [0.1, 0.15) is 37.9 Å². The van der Waals surface area contributed by atoms with Crippen LogP contribution in [0.5, 0.6) is 34.5 Å². The first-order chi connectivity index (χ1) is 17.5. The van der Waals surface area contributed by atoms with Crippen LogP contribution in [0.3, 0.4) is 0 Å². The first kappa shape index (κ1) is 29.8. The number of benzene rings is 2. The predicted octanol–water partition coefficient (Wildman–Crippen LogP) is 2.10. The molecule has 0 fully saturated rings. The monoisotopic (exact) mass is 564 g/mol. The molecule has 0 N–H and O–H groups in total. The molecule has 0 aliphatic rings. The second-order valence-electron chi connectivity index (χ2n) is 6.18. The Bertz CT molecular complexity index is 1160. The molecule has 2 rings (SSSR count). The highest BCUT2D eigenvalue weighted by Gasteiger charge is 2.12. The van der Waals surface area contributed by atoms with Crippen molar-refractivity contribution in [3.8, 4) is 34.5 Å². The number of rotatable bonds is 18. The molecule has 0 aromatic heterocycles. The van der Waals surface area contributed by atoms with E-state index in [-0.39, 0.29) is 47.7 Å². The molecule has 0 amide bonds. The van der Waals surface area contributed by atoms with Crippen LogP contribution in [-0.2, 0) is 39.2 Å². The Morgan fingerprint density at radius 1 is 0.649 bits per heavy atom. The van der Waals surface area contributed by atoms with E-state index in [1.165, 1.54) is 24.3 Å². The highest BCUT2D eigenvalue weighted by Crippen LogP contribution is 2.37. The summed E-state index contributed by atoms with van der Waals surface area (Å²) in [5.74, 6) is 1.32. The van der Waals surface area contributed by atoms with E-state index < -0.39 is 34.0 Å². The van der Waals surface area contributed by atoms with Crippen LogP contribution in [0, 0.1) is 0 Å². The van der Waals surface area contributed by atoms with Crippen LogP contribution in [0.4, 0.5) is 0 Å². The first-order valence-electron chi connectivity index (χ1n) is 9.81. The summed E-state index contributed by atoms with van der Waals surface area (Å²) in [6.45, 7) is 5.66. The summed E-state index contributed by atoms with van der Waals surface area (Å²) in [6.07, 6.45) is 2.30. The quantitative estimate of drug-likeness (QED) is 0.0636. The maximum absolute atomic E-state index is 10.4. The van der Waals surface area contributed by atoms with Crippen molar-refractivity contribution in [2.45, 2.75) is 0 Å². The Kier molecular flexibility index (Phi) is 11.6. The second-order valence-corrected chi connectivity index (χ2v) is 8.09. The molecular weight excluding hydrogens is 544 g/mol. The van der Waals surface area contributed by atoms with Crippen molar-refractivity contribution in [1.29, 1.82) is 0 Å². The lowest BCUT2D eigenvalue weighted by atomic mass is 10.2. The zero-order valence-electron chi connectivity index (χ0n) is 18.8. The molecule has 204 valence electrons. The highest BCUT2D eigenvalue weighted by molar-refractivity contribution is 7.80. The molecule has 0 spiro atoms. The summed E-state index contributed by atoms with van der Waals surface area (Å²) >= 11 is 0. The lowest BCUT2D eigenvalue weighted by Crippen LogP contribution is -2.11. The average molecular weight is 564 g/mol. The van der Waals surface area contributed by atoms with Crippen molar-refractivity contribution < 1.29 is 68.1 Å². The van der Waals surface area contributed by atoms with Crippen molar-refractivity contribution in [3.05, 3.63) is 62.1 Å². The van der Waals surface area contributed by atoms with Crippen molar-refractivity contribution >= 4 is 20.8 Å². The van der Waals surface area contributed by atoms with Gasteiger partial charge in [0.25, 0.3) is 0 Å². The van der Waals surface area contributed by atoms with E-state index in [2.05, 4.69) is 31.6 Å². The third kappa shape index (κ3) is 11.9. The Morgan fingerprint density at radius 2 is 1.05 bits per heavy atom. The van der Waals surface area contributed by atoms with Gasteiger partial charge in [-0.25, -0.2) is 26.6 Å². The van der Waals surface area contributed by atoms with Gasteiger partial charge in [-0.2, -0.15) is 0 Å². The van der Waals surface area contributed by atoms with Crippen LogP contribution in [0.25, 0.3) is 0 Å². The van der Waals surface area contributed by atoms with E-state index in [1.54, 1.807) is 12.1 Å². The van der Waals surface area contributed by atoms with Gasteiger partial charge >= 0.3 is 0 Å². The molecule has 0 radical (unpaired) electrons. The molecule has 2 aromatic rings. The van der Waals surface area contributed by atoms with Crippen molar-refractivity contribution in [1.82, 2.24) is 0 Å².